The first-order valence-corrected chi connectivity index (χ1v) is 4.51. The average Bonchev–Trinajstić information content (AvgIpc) is 2.01. The topological polar surface area (TPSA) is 20.2 Å². The van der Waals surface area contributed by atoms with Crippen molar-refractivity contribution in [1.82, 2.24) is 0 Å². The van der Waals surface area contributed by atoms with E-state index in [1.165, 1.54) is 0 Å². The van der Waals surface area contributed by atoms with Gasteiger partial charge in [-0.25, -0.2) is 0 Å². The van der Waals surface area contributed by atoms with Crippen LogP contribution in [0.5, 0.6) is 0 Å². The van der Waals surface area contributed by atoms with Crippen molar-refractivity contribution >= 4 is 0 Å². The molecule has 12 heavy (non-hydrogen) atoms. The molecule has 0 radical (unpaired) electrons. The fourth-order valence-corrected chi connectivity index (χ4v) is 1.23. The zero-order valence-corrected chi connectivity index (χ0v) is 8.21. The summed E-state index contributed by atoms with van der Waals surface area (Å²) in [6, 6.07) is 0. The van der Waals surface area contributed by atoms with Crippen LogP contribution in [-0.4, -0.2) is 10.7 Å². The fourth-order valence-electron chi connectivity index (χ4n) is 1.23. The summed E-state index contributed by atoms with van der Waals surface area (Å²) in [7, 11) is 0. The lowest BCUT2D eigenvalue weighted by Gasteiger charge is -2.30. The Balaban J connectivity index is 4.16. The van der Waals surface area contributed by atoms with Gasteiger partial charge in [-0.15, -0.1) is 13.2 Å². The van der Waals surface area contributed by atoms with Crippen LogP contribution in [0.1, 0.15) is 33.1 Å². The standard InChI is InChI=1S/C11H20O/c1-5-7-9-11(12,8-6-2)10(3)4/h5-6,10,12H,1-2,7-9H2,3-4H3. The Kier molecular flexibility index (Phi) is 4.91. The highest BCUT2D eigenvalue weighted by Gasteiger charge is 2.28. The first kappa shape index (κ1) is 11.4. The van der Waals surface area contributed by atoms with Gasteiger partial charge in [0.15, 0.2) is 0 Å². The predicted octanol–water partition coefficient (Wildman–Crippen LogP) is 2.92. The van der Waals surface area contributed by atoms with E-state index in [2.05, 4.69) is 13.2 Å². The maximum Gasteiger partial charge on any atom is 0.0707 e. The van der Waals surface area contributed by atoms with E-state index in [9.17, 15) is 5.11 Å². The zero-order valence-electron chi connectivity index (χ0n) is 8.21. The Morgan fingerprint density at radius 2 is 1.92 bits per heavy atom. The molecule has 1 nitrogen and oxygen atoms in total. The van der Waals surface area contributed by atoms with Crippen molar-refractivity contribution in [3.05, 3.63) is 25.3 Å². The van der Waals surface area contributed by atoms with Crippen LogP contribution < -0.4 is 0 Å². The van der Waals surface area contributed by atoms with Crippen LogP contribution in [0.2, 0.25) is 0 Å². The molecule has 1 N–H and O–H groups in total. The van der Waals surface area contributed by atoms with Gasteiger partial charge in [0.2, 0.25) is 0 Å². The number of allylic oxidation sites excluding steroid dienone is 1. The molecular formula is C11H20O. The first-order chi connectivity index (χ1) is 5.56. The van der Waals surface area contributed by atoms with Gasteiger partial charge in [0.1, 0.15) is 0 Å². The normalized spacial score (nSPS) is 15.7. The van der Waals surface area contributed by atoms with E-state index in [-0.39, 0.29) is 5.92 Å². The largest absolute Gasteiger partial charge is 0.389 e. The summed E-state index contributed by atoms with van der Waals surface area (Å²) >= 11 is 0. The van der Waals surface area contributed by atoms with Crippen LogP contribution in [0, 0.1) is 5.92 Å². The molecular weight excluding hydrogens is 148 g/mol. The second-order valence-electron chi connectivity index (χ2n) is 3.58. The summed E-state index contributed by atoms with van der Waals surface area (Å²) in [5.74, 6) is 0.274. The lowest BCUT2D eigenvalue weighted by Crippen LogP contribution is -2.34. The van der Waals surface area contributed by atoms with Crippen molar-refractivity contribution in [2.75, 3.05) is 0 Å². The summed E-state index contributed by atoms with van der Waals surface area (Å²) in [6.07, 6.45) is 5.93. The molecule has 70 valence electrons. The molecule has 0 rings (SSSR count). The molecule has 0 heterocycles. The van der Waals surface area contributed by atoms with Crippen LogP contribution in [-0.2, 0) is 0 Å². The second kappa shape index (κ2) is 5.15. The monoisotopic (exact) mass is 168 g/mol. The molecule has 0 aliphatic carbocycles. The van der Waals surface area contributed by atoms with Gasteiger partial charge in [0, 0.05) is 0 Å². The third kappa shape index (κ3) is 3.22. The Hall–Kier alpha value is -0.560. The highest BCUT2D eigenvalue weighted by molar-refractivity contribution is 4.90. The third-order valence-corrected chi connectivity index (χ3v) is 2.35. The smallest absolute Gasteiger partial charge is 0.0707 e. The molecule has 0 fully saturated rings. The van der Waals surface area contributed by atoms with Gasteiger partial charge in [0.25, 0.3) is 0 Å². The molecule has 0 aromatic carbocycles. The average molecular weight is 168 g/mol. The highest BCUT2D eigenvalue weighted by Crippen LogP contribution is 2.26. The summed E-state index contributed by atoms with van der Waals surface area (Å²) in [5, 5.41) is 10.1. The minimum atomic E-state index is -0.587. The van der Waals surface area contributed by atoms with E-state index < -0.39 is 5.60 Å². The maximum absolute atomic E-state index is 10.1. The predicted molar refractivity (Wildman–Crippen MR) is 54.0 cm³/mol. The van der Waals surface area contributed by atoms with Crippen molar-refractivity contribution in [3.63, 3.8) is 0 Å². The zero-order chi connectivity index (χ0) is 9.61. The van der Waals surface area contributed by atoms with E-state index in [1.807, 2.05) is 19.9 Å². The van der Waals surface area contributed by atoms with E-state index in [0.29, 0.717) is 6.42 Å². The van der Waals surface area contributed by atoms with Crippen molar-refractivity contribution in [3.8, 4) is 0 Å². The Bertz CT molecular complexity index is 149. The van der Waals surface area contributed by atoms with Gasteiger partial charge in [-0.3, -0.25) is 0 Å². The Morgan fingerprint density at radius 1 is 1.33 bits per heavy atom. The minimum absolute atomic E-state index is 0.274. The molecule has 0 amide bonds. The quantitative estimate of drug-likeness (QED) is 0.605. The van der Waals surface area contributed by atoms with Gasteiger partial charge in [0.05, 0.1) is 5.60 Å². The van der Waals surface area contributed by atoms with E-state index in [0.717, 1.165) is 12.8 Å². The molecule has 0 aromatic heterocycles. The molecule has 0 saturated heterocycles. The fraction of sp³-hybridized carbons (Fsp3) is 0.636. The first-order valence-electron chi connectivity index (χ1n) is 4.51. The molecule has 0 aliphatic heterocycles. The summed E-state index contributed by atoms with van der Waals surface area (Å²) in [6.45, 7) is 11.4. The van der Waals surface area contributed by atoms with Crippen molar-refractivity contribution in [2.45, 2.75) is 38.7 Å². The van der Waals surface area contributed by atoms with Crippen molar-refractivity contribution < 1.29 is 5.11 Å². The molecule has 1 unspecified atom stereocenters. The maximum atomic E-state index is 10.1. The minimum Gasteiger partial charge on any atom is -0.389 e. The van der Waals surface area contributed by atoms with E-state index in [4.69, 9.17) is 0 Å². The van der Waals surface area contributed by atoms with E-state index in [1.54, 1.807) is 6.08 Å². The third-order valence-electron chi connectivity index (χ3n) is 2.35. The van der Waals surface area contributed by atoms with E-state index >= 15 is 0 Å². The number of rotatable bonds is 6. The van der Waals surface area contributed by atoms with Gasteiger partial charge in [-0.05, 0) is 25.2 Å². The van der Waals surface area contributed by atoms with Crippen LogP contribution in [0.25, 0.3) is 0 Å². The number of hydrogen-bond donors (Lipinski definition) is 1. The van der Waals surface area contributed by atoms with Crippen molar-refractivity contribution in [2.24, 2.45) is 5.92 Å². The number of aliphatic hydroxyl groups is 1. The van der Waals surface area contributed by atoms with Gasteiger partial charge in [-0.1, -0.05) is 26.0 Å². The van der Waals surface area contributed by atoms with Gasteiger partial charge in [-0.2, -0.15) is 0 Å². The number of hydrogen-bond acceptors (Lipinski definition) is 1. The molecule has 1 heteroatoms. The molecule has 0 aromatic rings. The highest BCUT2D eigenvalue weighted by atomic mass is 16.3. The molecule has 0 spiro atoms. The summed E-state index contributed by atoms with van der Waals surface area (Å²) in [5.41, 5.74) is -0.587. The molecule has 0 aliphatic rings. The summed E-state index contributed by atoms with van der Waals surface area (Å²) < 4.78 is 0. The molecule has 1 atom stereocenters. The molecule has 0 bridgehead atoms. The van der Waals surface area contributed by atoms with Crippen LogP contribution >= 0.6 is 0 Å². The van der Waals surface area contributed by atoms with Crippen LogP contribution in [0.4, 0.5) is 0 Å². The van der Waals surface area contributed by atoms with Crippen LogP contribution in [0.15, 0.2) is 25.3 Å². The van der Waals surface area contributed by atoms with Gasteiger partial charge < -0.3 is 5.11 Å². The Labute approximate surface area is 75.8 Å². The second-order valence-corrected chi connectivity index (χ2v) is 3.58. The van der Waals surface area contributed by atoms with Gasteiger partial charge >= 0.3 is 0 Å². The Morgan fingerprint density at radius 3 is 2.25 bits per heavy atom. The lowest BCUT2D eigenvalue weighted by atomic mass is 9.83. The lowest BCUT2D eigenvalue weighted by molar-refractivity contribution is -0.00926. The molecule has 0 saturated carbocycles. The SMILES string of the molecule is C=CCCC(O)(CC=C)C(C)C. The van der Waals surface area contributed by atoms with Crippen molar-refractivity contribution in [1.29, 1.82) is 0 Å². The van der Waals surface area contributed by atoms with Crippen LogP contribution in [0.3, 0.4) is 0 Å². The summed E-state index contributed by atoms with van der Waals surface area (Å²) in [4.78, 5) is 0.